The molecule has 488 valence electrons. The van der Waals surface area contributed by atoms with Gasteiger partial charge in [-0.2, -0.15) is 0 Å². The summed E-state index contributed by atoms with van der Waals surface area (Å²) in [4.78, 5) is 0. The van der Waals surface area contributed by atoms with Gasteiger partial charge in [-0.25, -0.2) is 0 Å². The van der Waals surface area contributed by atoms with Crippen LogP contribution in [0.25, 0.3) is 164 Å². The average Bonchev–Trinajstić information content (AvgIpc) is 1.39. The lowest BCUT2D eigenvalue weighted by molar-refractivity contribution is 0.00578. The summed E-state index contributed by atoms with van der Waals surface area (Å²) in [6.07, 6.45) is 0. The summed E-state index contributed by atoms with van der Waals surface area (Å²) >= 11 is 3.85. The summed E-state index contributed by atoms with van der Waals surface area (Å²) in [5.41, 5.74) is 17.9. The van der Waals surface area contributed by atoms with E-state index in [0.29, 0.717) is 0 Å². The van der Waals surface area contributed by atoms with Crippen LogP contribution in [0, 0.1) is 0 Å². The number of rotatable bonds is 8. The van der Waals surface area contributed by atoms with Crippen LogP contribution >= 0.6 is 15.9 Å². The third kappa shape index (κ3) is 12.0. The van der Waals surface area contributed by atoms with E-state index in [0.717, 1.165) is 9.94 Å². The number of hydrogen-bond acceptors (Lipinski definition) is 2. The standard InChI is InChI=1S/C46H30.C30H19Br.C22H23BO2.H2/c1-2-12-37-30-38(29-22-31(37)10-1)32-20-25-35(26-21-32)45-41-15-5-7-17-43(41)46(44-18-8-6-16-42(44)45)36-27-23-34(24-28-36)40-19-9-13-33-11-3-4-14-39(33)40;31-30-27-13-5-3-11-25(27)29(26-12-4-6-14-28(26)30)22-18-16-21(17-19-22)24-15-7-9-20-8-1-2-10-23(20)24;1-21(2)22(3,4)25-23(24-21)20-13-11-17(12-14-20)19-10-9-16-7-5-6-8-18(16)15-19;/h1-30H;1-19H;5-15H,1-4H3;1H. The van der Waals surface area contributed by atoms with E-state index in [1.807, 2.05) is 0 Å². The molecule has 102 heavy (non-hydrogen) atoms. The maximum atomic E-state index is 6.13. The van der Waals surface area contributed by atoms with E-state index in [-0.39, 0.29) is 19.7 Å². The molecule has 0 bridgehead atoms. The van der Waals surface area contributed by atoms with Crippen LogP contribution in [-0.4, -0.2) is 18.3 Å². The van der Waals surface area contributed by atoms with E-state index in [4.69, 9.17) is 9.31 Å². The topological polar surface area (TPSA) is 18.5 Å². The minimum absolute atomic E-state index is 0. The Morgan fingerprint density at radius 3 is 0.843 bits per heavy atom. The van der Waals surface area contributed by atoms with Crippen molar-refractivity contribution in [1.82, 2.24) is 0 Å². The zero-order valence-electron chi connectivity index (χ0n) is 57.4. The Balaban J connectivity index is 0.000000125. The predicted molar refractivity (Wildman–Crippen MR) is 443 cm³/mol. The van der Waals surface area contributed by atoms with E-state index in [1.165, 1.54) is 164 Å². The highest BCUT2D eigenvalue weighted by Crippen LogP contribution is 2.46. The summed E-state index contributed by atoms with van der Waals surface area (Å²) in [6.45, 7) is 8.32. The molecule has 0 unspecified atom stereocenters. The summed E-state index contributed by atoms with van der Waals surface area (Å²) in [5, 5.41) is 20.3. The molecule has 18 aromatic rings. The molecule has 1 heterocycles. The molecule has 19 rings (SSSR count). The molecule has 0 aromatic heterocycles. The van der Waals surface area contributed by atoms with Crippen molar-refractivity contribution in [3.63, 3.8) is 0 Å². The zero-order chi connectivity index (χ0) is 68.9. The molecule has 1 saturated heterocycles. The van der Waals surface area contributed by atoms with Gasteiger partial charge < -0.3 is 9.31 Å². The van der Waals surface area contributed by atoms with Crippen molar-refractivity contribution in [2.75, 3.05) is 0 Å². The van der Waals surface area contributed by atoms with Crippen LogP contribution in [0.3, 0.4) is 0 Å². The lowest BCUT2D eigenvalue weighted by atomic mass is 9.78. The van der Waals surface area contributed by atoms with E-state index < -0.39 is 0 Å². The highest BCUT2D eigenvalue weighted by atomic mass is 79.9. The quantitative estimate of drug-likeness (QED) is 0.112. The third-order valence-electron chi connectivity index (χ3n) is 21.1. The van der Waals surface area contributed by atoms with Gasteiger partial charge in [-0.05, 0) is 225 Å². The largest absolute Gasteiger partial charge is 0.494 e. The second kappa shape index (κ2) is 26.9. The fraction of sp³-hybridized carbons (Fsp3) is 0.0612. The second-order valence-electron chi connectivity index (χ2n) is 27.7. The van der Waals surface area contributed by atoms with Crippen molar-refractivity contribution in [2.45, 2.75) is 38.9 Å². The van der Waals surface area contributed by atoms with Crippen molar-refractivity contribution in [2.24, 2.45) is 0 Å². The first-order valence-corrected chi connectivity index (χ1v) is 36.0. The Bertz CT molecular complexity index is 6060. The van der Waals surface area contributed by atoms with Gasteiger partial charge in [0, 0.05) is 5.90 Å². The van der Waals surface area contributed by atoms with Crippen LogP contribution in [0.5, 0.6) is 0 Å². The zero-order valence-corrected chi connectivity index (χ0v) is 59.0. The van der Waals surface area contributed by atoms with E-state index in [2.05, 4.69) is 408 Å². The molecular formula is C98H74BBrO2. The maximum absolute atomic E-state index is 6.13. The Morgan fingerprint density at radius 2 is 0.480 bits per heavy atom. The Kier molecular flexibility index (Phi) is 16.8. The predicted octanol–water partition coefficient (Wildman–Crippen LogP) is 27.3. The molecule has 0 saturated carbocycles. The van der Waals surface area contributed by atoms with Crippen molar-refractivity contribution in [1.29, 1.82) is 0 Å². The van der Waals surface area contributed by atoms with Crippen LogP contribution < -0.4 is 5.46 Å². The first-order chi connectivity index (χ1) is 50.0. The minimum atomic E-state index is -0.311. The Hall–Kier alpha value is -11.5. The highest BCUT2D eigenvalue weighted by molar-refractivity contribution is 9.10. The van der Waals surface area contributed by atoms with Crippen molar-refractivity contribution >= 4 is 115 Å². The molecule has 1 aliphatic heterocycles. The van der Waals surface area contributed by atoms with E-state index in [1.54, 1.807) is 0 Å². The van der Waals surface area contributed by atoms with Gasteiger partial charge in [-0.15, -0.1) is 0 Å². The fourth-order valence-electron chi connectivity index (χ4n) is 15.1. The molecule has 1 fully saturated rings. The first kappa shape index (κ1) is 63.9. The summed E-state index contributed by atoms with van der Waals surface area (Å²) in [5.74, 6) is 0. The number of benzene rings is 18. The van der Waals surface area contributed by atoms with Gasteiger partial charge >= 0.3 is 7.12 Å². The van der Waals surface area contributed by atoms with Gasteiger partial charge in [-0.1, -0.05) is 352 Å². The lowest BCUT2D eigenvalue weighted by Gasteiger charge is -2.32. The Morgan fingerprint density at radius 1 is 0.225 bits per heavy atom. The van der Waals surface area contributed by atoms with E-state index >= 15 is 0 Å². The average molecular weight is 1370 g/mol. The molecule has 4 heteroatoms. The first-order valence-electron chi connectivity index (χ1n) is 35.2. The smallest absolute Gasteiger partial charge is 0.399 e. The van der Waals surface area contributed by atoms with Gasteiger partial charge in [0.1, 0.15) is 0 Å². The Labute approximate surface area is 606 Å². The molecule has 0 radical (unpaired) electrons. The summed E-state index contributed by atoms with van der Waals surface area (Å²) < 4.78 is 13.4. The van der Waals surface area contributed by atoms with Gasteiger partial charge in [-0.3, -0.25) is 0 Å². The second-order valence-corrected chi connectivity index (χ2v) is 28.5. The molecule has 18 aromatic carbocycles. The molecule has 0 atom stereocenters. The molecule has 0 amide bonds. The molecule has 1 aliphatic rings. The van der Waals surface area contributed by atoms with Gasteiger partial charge in [0.25, 0.3) is 0 Å². The fourth-order valence-corrected chi connectivity index (χ4v) is 15.8. The molecule has 2 nitrogen and oxygen atoms in total. The number of fused-ring (bicyclic) bond motifs is 8. The lowest BCUT2D eigenvalue weighted by Crippen LogP contribution is -2.41. The van der Waals surface area contributed by atoms with Crippen LogP contribution in [-0.2, 0) is 9.31 Å². The normalized spacial score (nSPS) is 13.2. The highest BCUT2D eigenvalue weighted by Gasteiger charge is 2.51. The van der Waals surface area contributed by atoms with Gasteiger partial charge in [0.05, 0.1) is 11.2 Å². The van der Waals surface area contributed by atoms with Gasteiger partial charge in [0.2, 0.25) is 0 Å². The number of hydrogen-bond donors (Lipinski definition) is 0. The van der Waals surface area contributed by atoms with Crippen LogP contribution in [0.15, 0.2) is 368 Å². The third-order valence-corrected chi connectivity index (χ3v) is 22.0. The molecule has 0 N–H and O–H groups in total. The van der Waals surface area contributed by atoms with Crippen molar-refractivity contribution in [3.05, 3.63) is 368 Å². The van der Waals surface area contributed by atoms with Crippen LogP contribution in [0.1, 0.15) is 29.1 Å². The molecule has 0 aliphatic carbocycles. The van der Waals surface area contributed by atoms with Gasteiger partial charge in [0.15, 0.2) is 0 Å². The summed E-state index contributed by atoms with van der Waals surface area (Å²) in [6, 6.07) is 131. The van der Waals surface area contributed by atoms with E-state index in [9.17, 15) is 0 Å². The monoisotopic (exact) mass is 1370 g/mol. The van der Waals surface area contributed by atoms with Crippen LogP contribution in [0.2, 0.25) is 0 Å². The molecular weight excluding hydrogens is 1300 g/mol. The minimum Gasteiger partial charge on any atom is -0.399 e. The van der Waals surface area contributed by atoms with Crippen LogP contribution in [0.4, 0.5) is 0 Å². The maximum Gasteiger partial charge on any atom is 0.494 e. The SMILES string of the molecule is Brc1c2ccccc2c(-c2ccc(-c3cccc4ccccc34)cc2)c2ccccc12.CC1(C)OB(c2ccc(-c3ccc4ccccc4c3)cc2)OC1(C)C.[HH].c1ccc2cc(-c3ccc(-c4c5ccccc5c(-c5ccc(-c6cccc7ccccc67)cc5)c5ccccc45)cc3)ccc2c1. The van der Waals surface area contributed by atoms with Crippen molar-refractivity contribution in [3.8, 4) is 77.9 Å². The molecule has 0 spiro atoms. The van der Waals surface area contributed by atoms with Crippen molar-refractivity contribution < 1.29 is 10.7 Å². The number of halogens is 1. The summed E-state index contributed by atoms with van der Waals surface area (Å²) in [7, 11) is -0.310.